The second-order valence-corrected chi connectivity index (χ2v) is 6.78. The van der Waals surface area contributed by atoms with Gasteiger partial charge in [0.25, 0.3) is 0 Å². The highest BCUT2D eigenvalue weighted by molar-refractivity contribution is 6.48. The summed E-state index contributed by atoms with van der Waals surface area (Å²) in [6, 6.07) is 16.6. The molecule has 156 valence electrons. The Hall–Kier alpha value is -4.20. The van der Waals surface area contributed by atoms with Crippen molar-refractivity contribution in [2.75, 3.05) is 13.7 Å². The minimum absolute atomic E-state index is 0.00122. The third kappa shape index (κ3) is 3.95. The van der Waals surface area contributed by atoms with E-state index in [2.05, 4.69) is 10.1 Å². The summed E-state index contributed by atoms with van der Waals surface area (Å²) in [5.41, 5.74) is 2.01. The molecule has 2 aromatic carbocycles. The number of ketones is 1. The van der Waals surface area contributed by atoms with Gasteiger partial charge in [0.15, 0.2) is 6.61 Å². The van der Waals surface area contributed by atoms with Gasteiger partial charge in [-0.05, 0) is 18.2 Å². The van der Waals surface area contributed by atoms with Crippen molar-refractivity contribution in [2.24, 2.45) is 10.9 Å². The van der Waals surface area contributed by atoms with Gasteiger partial charge in [-0.15, -0.1) is 0 Å². The summed E-state index contributed by atoms with van der Waals surface area (Å²) in [4.78, 5) is 29.1. The van der Waals surface area contributed by atoms with Gasteiger partial charge in [-0.2, -0.15) is 5.10 Å². The van der Waals surface area contributed by atoms with Crippen LogP contribution in [0.25, 0.3) is 21.8 Å². The molecular formula is C23H20N4O4. The first-order valence-corrected chi connectivity index (χ1v) is 9.55. The lowest BCUT2D eigenvalue weighted by Crippen LogP contribution is -2.24. The van der Waals surface area contributed by atoms with Gasteiger partial charge in [0.05, 0.1) is 7.11 Å². The molecule has 0 saturated carbocycles. The van der Waals surface area contributed by atoms with Crippen molar-refractivity contribution < 1.29 is 19.1 Å². The van der Waals surface area contributed by atoms with E-state index in [1.807, 2.05) is 48.5 Å². The van der Waals surface area contributed by atoms with E-state index in [0.717, 1.165) is 16.3 Å². The van der Waals surface area contributed by atoms with Crippen LogP contribution in [0, 0.1) is 0 Å². The lowest BCUT2D eigenvalue weighted by molar-refractivity contribution is -0.141. The van der Waals surface area contributed by atoms with Gasteiger partial charge >= 0.3 is 5.97 Å². The first-order valence-electron chi connectivity index (χ1n) is 9.55. The van der Waals surface area contributed by atoms with Gasteiger partial charge in [0.2, 0.25) is 5.78 Å². The Labute approximate surface area is 177 Å². The third-order valence-electron chi connectivity index (χ3n) is 4.92. The summed E-state index contributed by atoms with van der Waals surface area (Å²) in [5.74, 6) is 5.29. The van der Waals surface area contributed by atoms with Gasteiger partial charge in [-0.3, -0.25) is 14.6 Å². The molecule has 4 rings (SSSR count). The fraction of sp³-hybridized carbons (Fsp3) is 0.130. The number of para-hydroxylation sites is 2. The van der Waals surface area contributed by atoms with Crippen LogP contribution in [-0.2, 0) is 20.9 Å². The zero-order valence-electron chi connectivity index (χ0n) is 16.8. The number of hydrazone groups is 1. The molecule has 0 saturated heterocycles. The molecule has 2 N–H and O–H groups in total. The number of Topliss-reactive ketones (excluding diaryl/α,β-unsaturated/α-hetero) is 1. The van der Waals surface area contributed by atoms with Crippen molar-refractivity contribution in [3.05, 3.63) is 72.6 Å². The fourth-order valence-electron chi connectivity index (χ4n) is 3.47. The zero-order valence-corrected chi connectivity index (χ0v) is 16.8. The molecule has 4 aromatic rings. The number of carbonyl (C=O) groups excluding carboxylic acids is 2. The number of hydrogen-bond donors (Lipinski definition) is 1. The van der Waals surface area contributed by atoms with Crippen molar-refractivity contribution in [2.45, 2.75) is 6.54 Å². The third-order valence-corrected chi connectivity index (χ3v) is 4.92. The molecule has 2 aromatic heterocycles. The van der Waals surface area contributed by atoms with Gasteiger partial charge in [0.1, 0.15) is 23.5 Å². The van der Waals surface area contributed by atoms with E-state index >= 15 is 0 Å². The molecule has 0 bridgehead atoms. The van der Waals surface area contributed by atoms with Gasteiger partial charge < -0.3 is 19.9 Å². The van der Waals surface area contributed by atoms with Crippen LogP contribution < -0.4 is 10.6 Å². The maximum atomic E-state index is 13.0. The molecule has 2 heterocycles. The van der Waals surface area contributed by atoms with E-state index < -0.39 is 11.8 Å². The molecule has 0 aliphatic carbocycles. The summed E-state index contributed by atoms with van der Waals surface area (Å²) in [5, 5.41) is 5.39. The lowest BCUT2D eigenvalue weighted by atomic mass is 10.1. The zero-order chi connectivity index (χ0) is 21.8. The number of esters is 1. The molecule has 0 aliphatic heterocycles. The van der Waals surface area contributed by atoms with Crippen molar-refractivity contribution in [3.8, 4) is 5.75 Å². The van der Waals surface area contributed by atoms with E-state index in [4.69, 9.17) is 15.3 Å². The second kappa shape index (κ2) is 8.66. The number of nitrogens with two attached hydrogens (primary N) is 1. The summed E-state index contributed by atoms with van der Waals surface area (Å²) < 4.78 is 12.2. The number of methoxy groups -OCH3 is 1. The van der Waals surface area contributed by atoms with Crippen molar-refractivity contribution in [1.82, 2.24) is 9.55 Å². The molecule has 0 unspecified atom stereocenters. The second-order valence-electron chi connectivity index (χ2n) is 6.78. The van der Waals surface area contributed by atoms with E-state index in [1.165, 1.54) is 7.11 Å². The number of aromatic nitrogens is 2. The average molecular weight is 416 g/mol. The number of rotatable bonds is 7. The maximum Gasteiger partial charge on any atom is 0.325 e. The van der Waals surface area contributed by atoms with Crippen LogP contribution in [0.3, 0.4) is 0 Å². The standard InChI is InChI=1S/C23H20N4O4/c1-30-21(29)13-27-12-17(16-8-2-3-9-18(16)27)23(26-24)19(28)14-31-20-10-4-6-15-7-5-11-25-22(15)20/h2-12H,13-14,24H2,1H3/b26-23+. The van der Waals surface area contributed by atoms with E-state index in [-0.39, 0.29) is 18.9 Å². The predicted molar refractivity (Wildman–Crippen MR) is 117 cm³/mol. The molecule has 8 nitrogen and oxygen atoms in total. The maximum absolute atomic E-state index is 13.0. The monoisotopic (exact) mass is 416 g/mol. The Bertz CT molecular complexity index is 1300. The Kier molecular flexibility index (Phi) is 5.61. The van der Waals surface area contributed by atoms with Gasteiger partial charge in [-0.1, -0.05) is 36.4 Å². The number of hydrogen-bond acceptors (Lipinski definition) is 7. The summed E-state index contributed by atoms with van der Waals surface area (Å²) >= 11 is 0. The number of ether oxygens (including phenoxy) is 2. The van der Waals surface area contributed by atoms with Crippen LogP contribution in [-0.4, -0.2) is 40.7 Å². The normalized spacial score (nSPS) is 11.6. The van der Waals surface area contributed by atoms with Gasteiger partial charge in [-0.25, -0.2) is 0 Å². The SMILES string of the molecule is COC(=O)Cn1cc(/C(=N\N)C(=O)COc2cccc3cccnc23)c2ccccc21. The van der Waals surface area contributed by atoms with Crippen molar-refractivity contribution >= 4 is 39.3 Å². The van der Waals surface area contributed by atoms with Crippen molar-refractivity contribution in [1.29, 1.82) is 0 Å². The largest absolute Gasteiger partial charge is 0.483 e. The van der Waals surface area contributed by atoms with Gasteiger partial charge in [0, 0.05) is 34.2 Å². The number of carbonyl (C=O) groups is 2. The number of pyridine rings is 1. The highest BCUT2D eigenvalue weighted by Gasteiger charge is 2.21. The fourth-order valence-corrected chi connectivity index (χ4v) is 3.47. The smallest absolute Gasteiger partial charge is 0.325 e. The van der Waals surface area contributed by atoms with Crippen LogP contribution in [0.4, 0.5) is 0 Å². The molecule has 0 fully saturated rings. The topological polar surface area (TPSA) is 109 Å². The summed E-state index contributed by atoms with van der Waals surface area (Å²) in [6.45, 7) is -0.260. The number of nitrogens with zero attached hydrogens (tertiary/aromatic N) is 3. The Morgan fingerprint density at radius 1 is 1.10 bits per heavy atom. The quantitative estimate of drug-likeness (QED) is 0.215. The molecule has 0 spiro atoms. The first-order chi connectivity index (χ1) is 15.1. The predicted octanol–water partition coefficient (Wildman–Crippen LogP) is 2.67. The number of benzene rings is 2. The van der Waals surface area contributed by atoms with Crippen LogP contribution in [0.5, 0.6) is 5.75 Å². The van der Waals surface area contributed by atoms with Crippen LogP contribution in [0.1, 0.15) is 5.56 Å². The molecule has 0 atom stereocenters. The molecule has 31 heavy (non-hydrogen) atoms. The molecule has 0 amide bonds. The lowest BCUT2D eigenvalue weighted by Gasteiger charge is -2.09. The highest BCUT2D eigenvalue weighted by atomic mass is 16.5. The van der Waals surface area contributed by atoms with E-state index in [0.29, 0.717) is 16.8 Å². The summed E-state index contributed by atoms with van der Waals surface area (Å²) in [7, 11) is 1.32. The average Bonchev–Trinajstić information content (AvgIpc) is 3.16. The van der Waals surface area contributed by atoms with Crippen molar-refractivity contribution in [3.63, 3.8) is 0 Å². The highest BCUT2D eigenvalue weighted by Crippen LogP contribution is 2.24. The molecule has 8 heteroatoms. The Balaban J connectivity index is 1.62. The minimum Gasteiger partial charge on any atom is -0.483 e. The number of fused-ring (bicyclic) bond motifs is 2. The Morgan fingerprint density at radius 2 is 1.90 bits per heavy atom. The van der Waals surface area contributed by atoms with E-state index in [9.17, 15) is 9.59 Å². The van der Waals surface area contributed by atoms with Crippen LogP contribution >= 0.6 is 0 Å². The molecule has 0 radical (unpaired) electrons. The Morgan fingerprint density at radius 3 is 2.71 bits per heavy atom. The van der Waals surface area contributed by atoms with Crippen LogP contribution in [0.2, 0.25) is 0 Å². The minimum atomic E-state index is -0.406. The molecule has 0 aliphatic rings. The van der Waals surface area contributed by atoms with Crippen LogP contribution in [0.15, 0.2) is 72.1 Å². The first kappa shape index (κ1) is 20.1. The molecular weight excluding hydrogens is 396 g/mol. The van der Waals surface area contributed by atoms with E-state index in [1.54, 1.807) is 23.0 Å². The summed E-state index contributed by atoms with van der Waals surface area (Å²) in [6.07, 6.45) is 3.34.